The molecule has 0 aromatic heterocycles. The molecule has 0 atom stereocenters. The Bertz CT molecular complexity index is 758. The maximum atomic E-state index is 13.9. The molecule has 0 aliphatic carbocycles. The van der Waals surface area contributed by atoms with E-state index in [0.717, 1.165) is 51.0 Å². The van der Waals surface area contributed by atoms with E-state index in [-0.39, 0.29) is 17.1 Å². The molecule has 1 aromatic rings. The predicted octanol–water partition coefficient (Wildman–Crippen LogP) is 4.31. The number of hydrogen-bond acceptors (Lipinski definition) is 4. The van der Waals surface area contributed by atoms with Gasteiger partial charge in [0, 0.05) is 26.2 Å². The Kier molecular flexibility index (Phi) is 5.95. The lowest BCUT2D eigenvalue weighted by molar-refractivity contribution is -0.00738. The quantitative estimate of drug-likeness (QED) is 0.759. The highest BCUT2D eigenvalue weighted by atomic mass is 19.1. The van der Waals surface area contributed by atoms with Crippen LogP contribution in [0.1, 0.15) is 57.6 Å². The number of amides is 1. The smallest absolute Gasteiger partial charge is 0.410 e. The summed E-state index contributed by atoms with van der Waals surface area (Å²) < 4.78 is 19.4. The van der Waals surface area contributed by atoms with E-state index in [2.05, 4.69) is 4.90 Å². The van der Waals surface area contributed by atoms with Crippen LogP contribution >= 0.6 is 0 Å². The largest absolute Gasteiger partial charge is 0.444 e. The second kappa shape index (κ2) is 8.08. The number of hydrogen-bond donors (Lipinski definition) is 0. The van der Waals surface area contributed by atoms with E-state index in [4.69, 9.17) is 10.00 Å². The van der Waals surface area contributed by atoms with Crippen LogP contribution < -0.4 is 0 Å². The first-order chi connectivity index (χ1) is 13.2. The number of nitriles is 1. The standard InChI is InChI=1S/C22H30FN3O2/c1-21(2,3)28-20(27)26-11-8-22(9-12-26)7-4-10-25(16-22)15-17-5-6-18(14-24)19(23)13-17/h5-6,13H,4,7-12,15-16H2,1-3H3. The minimum Gasteiger partial charge on any atom is -0.444 e. The Morgan fingerprint density at radius 3 is 2.57 bits per heavy atom. The van der Waals surface area contributed by atoms with Crippen molar-refractivity contribution in [3.8, 4) is 6.07 Å². The fraction of sp³-hybridized carbons (Fsp3) is 0.636. The third kappa shape index (κ3) is 5.02. The number of carbonyl (C=O) groups is 1. The molecule has 2 heterocycles. The molecule has 0 bridgehead atoms. The maximum Gasteiger partial charge on any atom is 0.410 e. The summed E-state index contributed by atoms with van der Waals surface area (Å²) >= 11 is 0. The van der Waals surface area contributed by atoms with Crippen LogP contribution in [0.4, 0.5) is 9.18 Å². The molecule has 6 heteroatoms. The Balaban J connectivity index is 1.57. The van der Waals surface area contributed by atoms with Crippen molar-refractivity contribution >= 4 is 6.09 Å². The number of ether oxygens (including phenoxy) is 1. The Hall–Kier alpha value is -2.13. The summed E-state index contributed by atoms with van der Waals surface area (Å²) in [5, 5.41) is 8.88. The predicted molar refractivity (Wildman–Crippen MR) is 105 cm³/mol. The number of benzene rings is 1. The van der Waals surface area contributed by atoms with Gasteiger partial charge in [-0.25, -0.2) is 9.18 Å². The molecule has 1 amide bonds. The van der Waals surface area contributed by atoms with Crippen molar-refractivity contribution < 1.29 is 13.9 Å². The van der Waals surface area contributed by atoms with Crippen LogP contribution in [0.2, 0.25) is 0 Å². The van der Waals surface area contributed by atoms with E-state index in [0.29, 0.717) is 6.54 Å². The lowest BCUT2D eigenvalue weighted by atomic mass is 9.72. The number of piperidine rings is 2. The van der Waals surface area contributed by atoms with E-state index in [1.807, 2.05) is 37.8 Å². The van der Waals surface area contributed by atoms with Gasteiger partial charge in [0.05, 0.1) is 5.56 Å². The molecular weight excluding hydrogens is 357 g/mol. The van der Waals surface area contributed by atoms with Crippen LogP contribution in [0, 0.1) is 22.6 Å². The first-order valence-corrected chi connectivity index (χ1v) is 10.1. The van der Waals surface area contributed by atoms with Crippen LogP contribution in [0.5, 0.6) is 0 Å². The molecule has 28 heavy (non-hydrogen) atoms. The van der Waals surface area contributed by atoms with Crippen molar-refractivity contribution in [3.63, 3.8) is 0 Å². The molecule has 3 rings (SSSR count). The third-order valence-corrected chi connectivity index (χ3v) is 5.78. The highest BCUT2D eigenvalue weighted by molar-refractivity contribution is 5.68. The van der Waals surface area contributed by atoms with E-state index < -0.39 is 11.4 Å². The zero-order chi connectivity index (χ0) is 20.4. The third-order valence-electron chi connectivity index (χ3n) is 5.78. The van der Waals surface area contributed by atoms with Crippen molar-refractivity contribution in [2.45, 2.75) is 58.6 Å². The molecule has 0 N–H and O–H groups in total. The molecule has 2 aliphatic heterocycles. The maximum absolute atomic E-state index is 13.9. The molecule has 1 spiro atoms. The molecule has 2 fully saturated rings. The number of carbonyl (C=O) groups excluding carboxylic acids is 1. The van der Waals surface area contributed by atoms with Gasteiger partial charge in [-0.15, -0.1) is 0 Å². The van der Waals surface area contributed by atoms with Crippen molar-refractivity contribution in [1.29, 1.82) is 5.26 Å². The second-order valence-electron chi connectivity index (χ2n) is 9.21. The van der Waals surface area contributed by atoms with Crippen LogP contribution in [0.3, 0.4) is 0 Å². The van der Waals surface area contributed by atoms with Crippen LogP contribution in [-0.2, 0) is 11.3 Å². The number of rotatable bonds is 2. The Morgan fingerprint density at radius 2 is 1.96 bits per heavy atom. The van der Waals surface area contributed by atoms with Gasteiger partial charge in [0.15, 0.2) is 0 Å². The van der Waals surface area contributed by atoms with Gasteiger partial charge < -0.3 is 9.64 Å². The zero-order valence-electron chi connectivity index (χ0n) is 17.1. The van der Waals surface area contributed by atoms with Gasteiger partial charge in [0.1, 0.15) is 17.5 Å². The van der Waals surface area contributed by atoms with E-state index in [9.17, 15) is 9.18 Å². The molecule has 0 unspecified atom stereocenters. The van der Waals surface area contributed by atoms with Gasteiger partial charge in [-0.1, -0.05) is 6.07 Å². The van der Waals surface area contributed by atoms with Gasteiger partial charge in [-0.05, 0) is 76.1 Å². The zero-order valence-corrected chi connectivity index (χ0v) is 17.1. The summed E-state index contributed by atoms with van der Waals surface area (Å²) in [6.45, 7) is 9.79. The van der Waals surface area contributed by atoms with Gasteiger partial charge in [0.25, 0.3) is 0 Å². The SMILES string of the molecule is CC(C)(C)OC(=O)N1CCC2(CCCN(Cc3ccc(C#N)c(F)c3)C2)CC1. The summed E-state index contributed by atoms with van der Waals surface area (Å²) in [6, 6.07) is 6.75. The van der Waals surface area contributed by atoms with E-state index in [1.165, 1.54) is 12.5 Å². The van der Waals surface area contributed by atoms with Gasteiger partial charge >= 0.3 is 6.09 Å². The highest BCUT2D eigenvalue weighted by Gasteiger charge is 2.40. The van der Waals surface area contributed by atoms with Crippen LogP contribution in [0.15, 0.2) is 18.2 Å². The Morgan fingerprint density at radius 1 is 1.25 bits per heavy atom. The minimum atomic E-state index is -0.468. The molecule has 5 nitrogen and oxygen atoms in total. The molecule has 1 aromatic carbocycles. The molecular formula is C22H30FN3O2. The monoisotopic (exact) mass is 387 g/mol. The number of halogens is 1. The van der Waals surface area contributed by atoms with Crippen LogP contribution in [0.25, 0.3) is 0 Å². The first kappa shape index (κ1) is 20.6. The lowest BCUT2D eigenvalue weighted by Gasteiger charge is -2.47. The van der Waals surface area contributed by atoms with Crippen molar-refractivity contribution in [1.82, 2.24) is 9.80 Å². The normalized spacial score (nSPS) is 20.0. The van der Waals surface area contributed by atoms with Crippen molar-refractivity contribution in [2.75, 3.05) is 26.2 Å². The highest BCUT2D eigenvalue weighted by Crippen LogP contribution is 2.40. The average molecular weight is 387 g/mol. The first-order valence-electron chi connectivity index (χ1n) is 10.1. The van der Waals surface area contributed by atoms with Crippen molar-refractivity contribution in [2.24, 2.45) is 5.41 Å². The molecule has 0 saturated carbocycles. The topological polar surface area (TPSA) is 56.6 Å². The van der Waals surface area contributed by atoms with Crippen LogP contribution in [-0.4, -0.2) is 47.7 Å². The minimum absolute atomic E-state index is 0.0911. The lowest BCUT2D eigenvalue weighted by Crippen LogP contribution is -2.51. The molecule has 0 radical (unpaired) electrons. The fourth-order valence-corrected chi connectivity index (χ4v) is 4.35. The average Bonchev–Trinajstić information content (AvgIpc) is 2.61. The molecule has 2 aliphatic rings. The van der Waals surface area contributed by atoms with Crippen molar-refractivity contribution in [3.05, 3.63) is 35.1 Å². The summed E-state index contributed by atoms with van der Waals surface area (Å²) in [4.78, 5) is 16.5. The summed E-state index contributed by atoms with van der Waals surface area (Å²) in [5.41, 5.74) is 0.750. The van der Waals surface area contributed by atoms with Gasteiger partial charge in [-0.2, -0.15) is 5.26 Å². The van der Waals surface area contributed by atoms with E-state index in [1.54, 1.807) is 6.07 Å². The Labute approximate surface area is 167 Å². The fourth-order valence-electron chi connectivity index (χ4n) is 4.35. The molecule has 2 saturated heterocycles. The van der Waals surface area contributed by atoms with E-state index >= 15 is 0 Å². The number of nitrogens with zero attached hydrogens (tertiary/aromatic N) is 3. The van der Waals surface area contributed by atoms with Gasteiger partial charge in [0.2, 0.25) is 0 Å². The second-order valence-corrected chi connectivity index (χ2v) is 9.21. The van der Waals surface area contributed by atoms with Gasteiger partial charge in [-0.3, -0.25) is 4.90 Å². The summed E-state index contributed by atoms with van der Waals surface area (Å²) in [5.74, 6) is -0.447. The number of likely N-dealkylation sites (tertiary alicyclic amines) is 2. The summed E-state index contributed by atoms with van der Waals surface area (Å²) in [6.07, 6.45) is 4.02. The summed E-state index contributed by atoms with van der Waals surface area (Å²) in [7, 11) is 0. The molecule has 152 valence electrons.